The van der Waals surface area contributed by atoms with E-state index in [-0.39, 0.29) is 0 Å². The molecule has 1 nitrogen and oxygen atoms in total. The van der Waals surface area contributed by atoms with Crippen molar-refractivity contribution >= 4 is 55.0 Å². The van der Waals surface area contributed by atoms with E-state index in [0.717, 1.165) is 16.3 Å². The molecule has 0 aliphatic heterocycles. The van der Waals surface area contributed by atoms with Crippen molar-refractivity contribution in [2.24, 2.45) is 0 Å². The van der Waals surface area contributed by atoms with E-state index in [1.165, 1.54) is 60.0 Å². The van der Waals surface area contributed by atoms with Crippen molar-refractivity contribution in [2.75, 3.05) is 0 Å². The summed E-state index contributed by atoms with van der Waals surface area (Å²) < 4.78 is 2.41. The molecule has 0 N–H and O–H groups in total. The highest BCUT2D eigenvalue weighted by Gasteiger charge is 2.19. The van der Waals surface area contributed by atoms with Gasteiger partial charge in [-0.3, -0.25) is 0 Å². The molecule has 40 heavy (non-hydrogen) atoms. The Morgan fingerprint density at radius 1 is 0.400 bits per heavy atom. The zero-order valence-corrected chi connectivity index (χ0v) is 22.4. The molecular formula is C38H24ClN. The third kappa shape index (κ3) is 3.56. The number of aromatic nitrogens is 1. The first-order chi connectivity index (χ1) is 19.8. The maximum atomic E-state index is 6.13. The van der Waals surface area contributed by atoms with Crippen LogP contribution in [-0.2, 0) is 0 Å². The van der Waals surface area contributed by atoms with Crippen molar-refractivity contribution in [3.63, 3.8) is 0 Å². The van der Waals surface area contributed by atoms with E-state index >= 15 is 0 Å². The van der Waals surface area contributed by atoms with Crippen LogP contribution in [-0.4, -0.2) is 4.57 Å². The monoisotopic (exact) mass is 529 g/mol. The van der Waals surface area contributed by atoms with E-state index < -0.39 is 0 Å². The van der Waals surface area contributed by atoms with Crippen molar-refractivity contribution in [3.05, 3.63) is 151 Å². The SMILES string of the molecule is Clc1ccc(-c2ccc(-n3c4cccc(-c5cccc6ccccc56)c4c4c5ccccc5ccc43)cc2)cc1. The first kappa shape index (κ1) is 23.1. The van der Waals surface area contributed by atoms with Crippen LogP contribution in [0.2, 0.25) is 5.02 Å². The standard InChI is InChI=1S/C38H24ClN/c39-29-20-15-25(16-21-29)26-17-22-30(23-18-26)40-35-14-6-13-34(33-12-5-9-27-7-1-3-10-31(27)33)38(35)37-32-11-4-2-8-28(32)19-24-36(37)40/h1-24H. The Bertz CT molecular complexity index is 2200. The van der Waals surface area contributed by atoms with Gasteiger partial charge < -0.3 is 4.57 Å². The molecule has 0 spiro atoms. The van der Waals surface area contributed by atoms with Crippen LogP contribution in [0.4, 0.5) is 0 Å². The topological polar surface area (TPSA) is 4.93 Å². The van der Waals surface area contributed by atoms with Crippen LogP contribution in [0.25, 0.3) is 71.3 Å². The Balaban J connectivity index is 1.45. The Labute approximate surface area is 237 Å². The molecule has 0 amide bonds. The molecule has 0 saturated carbocycles. The van der Waals surface area contributed by atoms with Crippen LogP contribution in [0.3, 0.4) is 0 Å². The fourth-order valence-electron chi connectivity index (χ4n) is 6.24. The molecule has 7 aromatic carbocycles. The molecule has 8 aromatic rings. The summed E-state index contributed by atoms with van der Waals surface area (Å²) in [5.41, 5.74) is 8.39. The molecule has 1 heterocycles. The highest BCUT2D eigenvalue weighted by Crippen LogP contribution is 2.43. The smallest absolute Gasteiger partial charge is 0.0547 e. The lowest BCUT2D eigenvalue weighted by Gasteiger charge is -2.11. The third-order valence-electron chi connectivity index (χ3n) is 8.06. The maximum Gasteiger partial charge on any atom is 0.0547 e. The van der Waals surface area contributed by atoms with Crippen molar-refractivity contribution in [1.29, 1.82) is 0 Å². The number of hydrogen-bond donors (Lipinski definition) is 0. The molecule has 0 unspecified atom stereocenters. The zero-order chi connectivity index (χ0) is 26.6. The largest absolute Gasteiger partial charge is 0.309 e. The van der Waals surface area contributed by atoms with Crippen LogP contribution >= 0.6 is 11.6 Å². The summed E-state index contributed by atoms with van der Waals surface area (Å²) in [5.74, 6) is 0. The van der Waals surface area contributed by atoms with Gasteiger partial charge in [0.2, 0.25) is 0 Å². The van der Waals surface area contributed by atoms with E-state index in [9.17, 15) is 0 Å². The fraction of sp³-hybridized carbons (Fsp3) is 0. The van der Waals surface area contributed by atoms with Crippen LogP contribution in [0.5, 0.6) is 0 Å². The molecule has 188 valence electrons. The second-order valence-corrected chi connectivity index (χ2v) is 10.7. The van der Waals surface area contributed by atoms with E-state index in [0.29, 0.717) is 0 Å². The normalized spacial score (nSPS) is 11.6. The van der Waals surface area contributed by atoms with E-state index in [4.69, 9.17) is 11.6 Å². The number of rotatable bonds is 3. The lowest BCUT2D eigenvalue weighted by molar-refractivity contribution is 1.18. The molecule has 0 atom stereocenters. The lowest BCUT2D eigenvalue weighted by Crippen LogP contribution is -1.94. The van der Waals surface area contributed by atoms with Crippen LogP contribution in [0.15, 0.2) is 146 Å². The predicted molar refractivity (Wildman–Crippen MR) is 172 cm³/mol. The molecule has 2 heteroatoms. The van der Waals surface area contributed by atoms with E-state index in [1.807, 2.05) is 12.1 Å². The first-order valence-corrected chi connectivity index (χ1v) is 13.9. The molecule has 0 saturated heterocycles. The third-order valence-corrected chi connectivity index (χ3v) is 8.32. The number of halogens is 1. The minimum absolute atomic E-state index is 0.750. The Hall–Kier alpha value is -4.85. The molecule has 0 aliphatic rings. The summed E-state index contributed by atoms with van der Waals surface area (Å²) in [6, 6.07) is 52.1. The van der Waals surface area contributed by atoms with Crippen molar-refractivity contribution in [3.8, 4) is 27.9 Å². The van der Waals surface area contributed by atoms with Gasteiger partial charge in [0.25, 0.3) is 0 Å². The summed E-state index contributed by atoms with van der Waals surface area (Å²) >= 11 is 6.13. The van der Waals surface area contributed by atoms with Gasteiger partial charge in [-0.15, -0.1) is 0 Å². The van der Waals surface area contributed by atoms with Crippen LogP contribution < -0.4 is 0 Å². The summed E-state index contributed by atoms with van der Waals surface area (Å²) in [6.45, 7) is 0. The van der Waals surface area contributed by atoms with E-state index in [2.05, 4.69) is 138 Å². The molecule has 0 aliphatic carbocycles. The van der Waals surface area contributed by atoms with Crippen molar-refractivity contribution < 1.29 is 0 Å². The number of hydrogen-bond acceptors (Lipinski definition) is 0. The molecule has 1 aromatic heterocycles. The minimum atomic E-state index is 0.750. The lowest BCUT2D eigenvalue weighted by atomic mass is 9.93. The maximum absolute atomic E-state index is 6.13. The predicted octanol–water partition coefficient (Wildman–Crippen LogP) is 11.1. The summed E-state index contributed by atoms with van der Waals surface area (Å²) in [6.07, 6.45) is 0. The quantitative estimate of drug-likeness (QED) is 0.214. The molecule has 0 radical (unpaired) electrons. The van der Waals surface area contributed by atoms with Gasteiger partial charge in [0.15, 0.2) is 0 Å². The highest BCUT2D eigenvalue weighted by molar-refractivity contribution is 6.30. The van der Waals surface area contributed by atoms with Gasteiger partial charge in [-0.1, -0.05) is 121 Å². The van der Waals surface area contributed by atoms with Gasteiger partial charge in [-0.05, 0) is 80.2 Å². The van der Waals surface area contributed by atoms with Gasteiger partial charge >= 0.3 is 0 Å². The second kappa shape index (κ2) is 9.12. The number of nitrogens with zero attached hydrogens (tertiary/aromatic N) is 1. The Kier molecular flexibility index (Phi) is 5.26. The zero-order valence-electron chi connectivity index (χ0n) is 21.7. The van der Waals surface area contributed by atoms with Crippen molar-refractivity contribution in [2.45, 2.75) is 0 Å². The summed E-state index contributed by atoms with van der Waals surface area (Å²) in [4.78, 5) is 0. The average molecular weight is 530 g/mol. The molecule has 0 bridgehead atoms. The summed E-state index contributed by atoms with van der Waals surface area (Å²) in [5, 5.41) is 8.37. The molecule has 8 rings (SSSR count). The van der Waals surface area contributed by atoms with Crippen LogP contribution in [0, 0.1) is 0 Å². The van der Waals surface area contributed by atoms with Gasteiger partial charge in [0, 0.05) is 21.5 Å². The molecule has 0 fully saturated rings. The van der Waals surface area contributed by atoms with Crippen LogP contribution in [0.1, 0.15) is 0 Å². The van der Waals surface area contributed by atoms with Gasteiger partial charge in [0.1, 0.15) is 0 Å². The fourth-order valence-corrected chi connectivity index (χ4v) is 6.36. The number of benzene rings is 7. The van der Waals surface area contributed by atoms with E-state index in [1.54, 1.807) is 0 Å². The minimum Gasteiger partial charge on any atom is -0.309 e. The number of fused-ring (bicyclic) bond motifs is 6. The highest BCUT2D eigenvalue weighted by atomic mass is 35.5. The van der Waals surface area contributed by atoms with Gasteiger partial charge in [-0.2, -0.15) is 0 Å². The Morgan fingerprint density at radius 3 is 1.75 bits per heavy atom. The Morgan fingerprint density at radius 2 is 0.975 bits per heavy atom. The first-order valence-electron chi connectivity index (χ1n) is 13.6. The summed E-state index contributed by atoms with van der Waals surface area (Å²) in [7, 11) is 0. The van der Waals surface area contributed by atoms with Gasteiger partial charge in [0.05, 0.1) is 11.0 Å². The average Bonchev–Trinajstić information content (AvgIpc) is 3.36. The second-order valence-electron chi connectivity index (χ2n) is 10.3. The van der Waals surface area contributed by atoms with Crippen molar-refractivity contribution in [1.82, 2.24) is 4.57 Å². The molecular weight excluding hydrogens is 506 g/mol. The van der Waals surface area contributed by atoms with Gasteiger partial charge in [-0.25, -0.2) is 0 Å².